The molecule has 3 aromatic rings. The third-order valence-corrected chi connectivity index (χ3v) is 4.93. The van der Waals surface area contributed by atoms with Gasteiger partial charge in [0.25, 0.3) is 5.91 Å². The Bertz CT molecular complexity index is 1000. The maximum Gasteiger partial charge on any atom is 0.254 e. The molecular weight excluding hydrogens is 343 g/mol. The van der Waals surface area contributed by atoms with Crippen molar-refractivity contribution in [1.29, 1.82) is 0 Å². The highest BCUT2D eigenvalue weighted by Gasteiger charge is 2.38. The second-order valence-electron chi connectivity index (χ2n) is 6.49. The molecule has 1 aliphatic rings. The summed E-state index contributed by atoms with van der Waals surface area (Å²) in [5, 5.41) is 2.64. The topological polar surface area (TPSA) is 72.2 Å². The fraction of sp³-hybridized carbons (Fsp3) is 0.0909. The van der Waals surface area contributed by atoms with E-state index in [-0.39, 0.29) is 5.56 Å². The van der Waals surface area contributed by atoms with Gasteiger partial charge < -0.3 is 11.1 Å². The van der Waals surface area contributed by atoms with Crippen LogP contribution in [0.5, 0.6) is 0 Å². The third kappa shape index (κ3) is 2.87. The van der Waals surface area contributed by atoms with E-state index < -0.39 is 29.6 Å². The molecule has 0 heterocycles. The van der Waals surface area contributed by atoms with E-state index in [4.69, 9.17) is 5.73 Å². The number of nitrogens with one attached hydrogen (secondary N) is 1. The second-order valence-corrected chi connectivity index (χ2v) is 6.49. The summed E-state index contributed by atoms with van der Waals surface area (Å²) in [4.78, 5) is 24.9. The minimum atomic E-state index is -0.998. The lowest BCUT2D eigenvalue weighted by atomic mass is 9.88. The quantitative estimate of drug-likeness (QED) is 0.750. The molecule has 4 rings (SSSR count). The number of carbonyl (C=O) groups excluding carboxylic acids is 2. The van der Waals surface area contributed by atoms with Crippen LogP contribution in [0, 0.1) is 5.82 Å². The highest BCUT2D eigenvalue weighted by atomic mass is 19.1. The molecule has 1 atom stereocenters. The maximum absolute atomic E-state index is 14.0. The van der Waals surface area contributed by atoms with Gasteiger partial charge in [0.15, 0.2) is 0 Å². The van der Waals surface area contributed by atoms with E-state index in [1.165, 1.54) is 18.2 Å². The molecule has 0 aromatic heterocycles. The zero-order valence-corrected chi connectivity index (χ0v) is 14.4. The van der Waals surface area contributed by atoms with Crippen LogP contribution in [0.25, 0.3) is 11.1 Å². The summed E-state index contributed by atoms with van der Waals surface area (Å²) >= 11 is 0. The van der Waals surface area contributed by atoms with E-state index in [9.17, 15) is 14.0 Å². The minimum Gasteiger partial charge on any atom is -0.368 e. The fourth-order valence-electron chi connectivity index (χ4n) is 3.74. The summed E-state index contributed by atoms with van der Waals surface area (Å²) in [6.45, 7) is 0. The van der Waals surface area contributed by atoms with E-state index in [0.717, 1.165) is 22.3 Å². The summed E-state index contributed by atoms with van der Waals surface area (Å²) in [6.07, 6.45) is 0. The second kappa shape index (κ2) is 6.68. The minimum absolute atomic E-state index is 0.122. The molecule has 134 valence electrons. The lowest BCUT2D eigenvalue weighted by molar-refractivity contribution is -0.120. The highest BCUT2D eigenvalue weighted by Crippen LogP contribution is 2.46. The first-order valence-electron chi connectivity index (χ1n) is 8.61. The van der Waals surface area contributed by atoms with Gasteiger partial charge in [-0.05, 0) is 34.4 Å². The Balaban J connectivity index is 1.76. The van der Waals surface area contributed by atoms with E-state index in [1.807, 2.05) is 48.5 Å². The van der Waals surface area contributed by atoms with Gasteiger partial charge in [0, 0.05) is 5.92 Å². The smallest absolute Gasteiger partial charge is 0.254 e. The number of nitrogens with two attached hydrogens (primary N) is 1. The van der Waals surface area contributed by atoms with Crippen LogP contribution < -0.4 is 11.1 Å². The number of hydrogen-bond acceptors (Lipinski definition) is 2. The first kappa shape index (κ1) is 17.0. The molecule has 1 aliphatic carbocycles. The van der Waals surface area contributed by atoms with Crippen molar-refractivity contribution < 1.29 is 14.0 Å². The van der Waals surface area contributed by atoms with Gasteiger partial charge in [0.1, 0.15) is 11.9 Å². The number of halogens is 1. The molecule has 27 heavy (non-hydrogen) atoms. The number of fused-ring (bicyclic) bond motifs is 3. The van der Waals surface area contributed by atoms with E-state index in [2.05, 4.69) is 5.32 Å². The lowest BCUT2D eigenvalue weighted by Gasteiger charge is -2.24. The summed E-state index contributed by atoms with van der Waals surface area (Å²) < 4.78 is 14.0. The average molecular weight is 360 g/mol. The molecule has 0 saturated carbocycles. The largest absolute Gasteiger partial charge is 0.368 e. The molecule has 4 nitrogen and oxygen atoms in total. The normalized spacial score (nSPS) is 13.5. The molecular formula is C22H17FN2O2. The molecule has 0 aliphatic heterocycles. The summed E-state index contributed by atoms with van der Waals surface area (Å²) in [5.41, 5.74) is 9.36. The molecule has 3 aromatic carbocycles. The standard InChI is InChI=1S/C22H17FN2O2/c23-18-12-6-5-11-17(18)22(27)25-20(21(24)26)19-15-9-3-1-7-13(15)14-8-2-4-10-16(14)19/h1-12,19-20H,(H2,24,26)(H,25,27)/t20-/m0/s1. The van der Waals surface area contributed by atoms with Gasteiger partial charge in [-0.2, -0.15) is 0 Å². The van der Waals surface area contributed by atoms with Crippen LogP contribution in [-0.4, -0.2) is 17.9 Å². The van der Waals surface area contributed by atoms with Crippen LogP contribution in [-0.2, 0) is 4.79 Å². The number of primary amides is 1. The first-order chi connectivity index (χ1) is 13.1. The van der Waals surface area contributed by atoms with Crippen LogP contribution in [0.1, 0.15) is 27.4 Å². The van der Waals surface area contributed by atoms with Crippen molar-refractivity contribution in [3.05, 3.63) is 95.3 Å². The first-order valence-corrected chi connectivity index (χ1v) is 8.61. The summed E-state index contributed by atoms with van der Waals surface area (Å²) in [6, 6.07) is 20.1. The van der Waals surface area contributed by atoms with Gasteiger partial charge in [-0.15, -0.1) is 0 Å². The van der Waals surface area contributed by atoms with Crippen LogP contribution in [0.15, 0.2) is 72.8 Å². The fourth-order valence-corrected chi connectivity index (χ4v) is 3.74. The van der Waals surface area contributed by atoms with Crippen molar-refractivity contribution in [2.75, 3.05) is 0 Å². The molecule has 5 heteroatoms. The Morgan fingerprint density at radius 3 is 1.93 bits per heavy atom. The van der Waals surface area contributed by atoms with Gasteiger partial charge in [-0.1, -0.05) is 60.7 Å². The van der Waals surface area contributed by atoms with E-state index in [0.29, 0.717) is 0 Å². The number of amides is 2. The number of carbonyl (C=O) groups is 2. The Morgan fingerprint density at radius 1 is 0.852 bits per heavy atom. The van der Waals surface area contributed by atoms with Crippen molar-refractivity contribution in [1.82, 2.24) is 5.32 Å². The van der Waals surface area contributed by atoms with Crippen molar-refractivity contribution in [2.45, 2.75) is 12.0 Å². The SMILES string of the molecule is NC(=O)[C@@H](NC(=O)c1ccccc1F)C1c2ccccc2-c2ccccc21. The van der Waals surface area contributed by atoms with Crippen LogP contribution >= 0.6 is 0 Å². The predicted octanol–water partition coefficient (Wildman–Crippen LogP) is 3.22. The molecule has 0 bridgehead atoms. The van der Waals surface area contributed by atoms with Gasteiger partial charge in [-0.25, -0.2) is 4.39 Å². The molecule has 0 radical (unpaired) electrons. The number of benzene rings is 3. The van der Waals surface area contributed by atoms with Gasteiger partial charge in [-0.3, -0.25) is 9.59 Å². The van der Waals surface area contributed by atoms with Gasteiger partial charge in [0.05, 0.1) is 5.56 Å². The zero-order chi connectivity index (χ0) is 19.0. The van der Waals surface area contributed by atoms with Crippen molar-refractivity contribution in [3.8, 4) is 11.1 Å². The van der Waals surface area contributed by atoms with Gasteiger partial charge >= 0.3 is 0 Å². The van der Waals surface area contributed by atoms with E-state index >= 15 is 0 Å². The Labute approximate surface area is 155 Å². The molecule has 0 spiro atoms. The molecule has 0 unspecified atom stereocenters. The molecule has 3 N–H and O–H groups in total. The van der Waals surface area contributed by atoms with E-state index in [1.54, 1.807) is 6.07 Å². The maximum atomic E-state index is 14.0. The van der Waals surface area contributed by atoms with Crippen LogP contribution in [0.2, 0.25) is 0 Å². The third-order valence-electron chi connectivity index (χ3n) is 4.93. The molecule has 2 amide bonds. The Kier molecular flexibility index (Phi) is 4.20. The monoisotopic (exact) mass is 360 g/mol. The molecule has 0 fully saturated rings. The predicted molar refractivity (Wildman–Crippen MR) is 101 cm³/mol. The Hall–Kier alpha value is -3.47. The summed E-state index contributed by atoms with van der Waals surface area (Å²) in [5.74, 6) is -2.41. The Morgan fingerprint density at radius 2 is 1.37 bits per heavy atom. The molecule has 0 saturated heterocycles. The number of rotatable bonds is 4. The number of hydrogen-bond donors (Lipinski definition) is 2. The van der Waals surface area contributed by atoms with Crippen molar-refractivity contribution in [2.24, 2.45) is 5.73 Å². The highest BCUT2D eigenvalue weighted by molar-refractivity contribution is 5.98. The van der Waals surface area contributed by atoms with Gasteiger partial charge in [0.2, 0.25) is 5.91 Å². The van der Waals surface area contributed by atoms with Crippen molar-refractivity contribution in [3.63, 3.8) is 0 Å². The lowest BCUT2D eigenvalue weighted by Crippen LogP contribution is -2.48. The van der Waals surface area contributed by atoms with Crippen molar-refractivity contribution >= 4 is 11.8 Å². The summed E-state index contributed by atoms with van der Waals surface area (Å²) in [7, 11) is 0. The average Bonchev–Trinajstić information content (AvgIpc) is 3.00. The van der Waals surface area contributed by atoms with Crippen LogP contribution in [0.3, 0.4) is 0 Å². The van der Waals surface area contributed by atoms with Crippen LogP contribution in [0.4, 0.5) is 4.39 Å². The zero-order valence-electron chi connectivity index (χ0n) is 14.4.